The van der Waals surface area contributed by atoms with Gasteiger partial charge in [-0.15, -0.1) is 0 Å². The predicted octanol–water partition coefficient (Wildman–Crippen LogP) is 1.97. The summed E-state index contributed by atoms with van der Waals surface area (Å²) >= 11 is 0. The molecule has 0 aliphatic rings. The lowest BCUT2D eigenvalue weighted by molar-refractivity contribution is 0.196. The van der Waals surface area contributed by atoms with E-state index >= 15 is 0 Å². The number of hydrogen-bond donors (Lipinski definition) is 2. The molecule has 2 heterocycles. The van der Waals surface area contributed by atoms with Crippen molar-refractivity contribution in [1.82, 2.24) is 9.97 Å². The minimum atomic E-state index is -0.183. The first-order valence-corrected chi connectivity index (χ1v) is 7.13. The Morgan fingerprint density at radius 3 is 2.83 bits per heavy atom. The van der Waals surface area contributed by atoms with Crippen molar-refractivity contribution in [1.29, 1.82) is 0 Å². The Morgan fingerprint density at radius 1 is 1.17 bits per heavy atom. The molecule has 0 bridgehead atoms. The average Bonchev–Trinajstić information content (AvgIpc) is 2.59. The summed E-state index contributed by atoms with van der Waals surface area (Å²) in [4.78, 5) is 18.7. The van der Waals surface area contributed by atoms with Gasteiger partial charge in [-0.05, 0) is 29.8 Å². The number of nitrogens with one attached hydrogen (secondary N) is 1. The summed E-state index contributed by atoms with van der Waals surface area (Å²) in [6.07, 6.45) is 1.69. The van der Waals surface area contributed by atoms with Crippen molar-refractivity contribution >= 4 is 11.0 Å². The first kappa shape index (κ1) is 15.1. The molecule has 1 aromatic carbocycles. The molecule has 0 aliphatic heterocycles. The minimum Gasteiger partial charge on any atom is -0.493 e. The number of aliphatic hydroxyl groups is 1. The number of fused-ring (bicyclic) bond motifs is 1. The number of benzene rings is 1. The van der Waals surface area contributed by atoms with Gasteiger partial charge < -0.3 is 19.6 Å². The quantitative estimate of drug-likeness (QED) is 0.752. The summed E-state index contributed by atoms with van der Waals surface area (Å²) in [6, 6.07) is 10.4. The maximum Gasteiger partial charge on any atom is 0.248 e. The molecule has 6 heteroatoms. The third-order valence-electron chi connectivity index (χ3n) is 3.44. The molecule has 0 unspecified atom stereocenters. The van der Waals surface area contributed by atoms with E-state index in [0.29, 0.717) is 22.5 Å². The monoisotopic (exact) mass is 312 g/mol. The van der Waals surface area contributed by atoms with E-state index in [4.69, 9.17) is 14.6 Å². The molecule has 2 N–H and O–H groups in total. The van der Waals surface area contributed by atoms with E-state index in [-0.39, 0.29) is 18.8 Å². The molecule has 0 spiro atoms. The van der Waals surface area contributed by atoms with Gasteiger partial charge in [0.05, 0.1) is 24.8 Å². The average molecular weight is 312 g/mol. The molecule has 2 aromatic heterocycles. The zero-order valence-corrected chi connectivity index (χ0v) is 12.6. The number of aliphatic hydroxyl groups excluding tert-OH is 1. The van der Waals surface area contributed by atoms with E-state index in [1.54, 1.807) is 25.4 Å². The van der Waals surface area contributed by atoms with Gasteiger partial charge in [0.1, 0.15) is 6.61 Å². The van der Waals surface area contributed by atoms with Crippen LogP contribution in [0.1, 0.15) is 0 Å². The molecule has 0 radical (unpaired) electrons. The summed E-state index contributed by atoms with van der Waals surface area (Å²) in [5.74, 6) is 1.11. The van der Waals surface area contributed by atoms with Crippen LogP contribution < -0.4 is 15.0 Å². The second-order valence-electron chi connectivity index (χ2n) is 4.88. The third-order valence-corrected chi connectivity index (χ3v) is 3.44. The summed E-state index contributed by atoms with van der Waals surface area (Å²) in [7, 11) is 1.56. The lowest BCUT2D eigenvalue weighted by atomic mass is 10.0. The highest BCUT2D eigenvalue weighted by molar-refractivity contribution is 5.91. The molecule has 0 amide bonds. The number of pyridine rings is 2. The molecular weight excluding hydrogens is 296 g/mol. The van der Waals surface area contributed by atoms with E-state index < -0.39 is 0 Å². The van der Waals surface area contributed by atoms with Crippen LogP contribution in [0, 0.1) is 0 Å². The minimum absolute atomic E-state index is 0.0844. The van der Waals surface area contributed by atoms with Crippen molar-refractivity contribution in [2.45, 2.75) is 0 Å². The van der Waals surface area contributed by atoms with Crippen LogP contribution in [-0.4, -0.2) is 35.4 Å². The molecule has 0 saturated carbocycles. The van der Waals surface area contributed by atoms with E-state index in [1.165, 1.54) is 6.07 Å². The predicted molar refractivity (Wildman–Crippen MR) is 86.9 cm³/mol. The molecule has 0 fully saturated rings. The first-order valence-electron chi connectivity index (χ1n) is 7.13. The standard InChI is InChI=1S/C17H16N2O4/c1-22-14-4-2-11(10-15(14)23-9-8-20)12-6-7-18-13-3-5-16(21)19-17(12)13/h2-7,10,20H,8-9H2,1H3,(H,19,21). The van der Waals surface area contributed by atoms with Gasteiger partial charge in [0.15, 0.2) is 11.5 Å². The Bertz CT molecular complexity index is 889. The Kier molecular flexibility index (Phi) is 4.25. The second-order valence-corrected chi connectivity index (χ2v) is 4.88. The van der Waals surface area contributed by atoms with Crippen LogP contribution in [0.3, 0.4) is 0 Å². The van der Waals surface area contributed by atoms with Crippen molar-refractivity contribution in [2.75, 3.05) is 20.3 Å². The Labute approximate surface area is 132 Å². The zero-order valence-electron chi connectivity index (χ0n) is 12.6. The van der Waals surface area contributed by atoms with Gasteiger partial charge in [-0.2, -0.15) is 0 Å². The maximum atomic E-state index is 11.6. The number of aromatic nitrogens is 2. The largest absolute Gasteiger partial charge is 0.493 e. The van der Waals surface area contributed by atoms with E-state index in [0.717, 1.165) is 11.1 Å². The van der Waals surface area contributed by atoms with E-state index in [9.17, 15) is 4.79 Å². The summed E-state index contributed by atoms with van der Waals surface area (Å²) in [5, 5.41) is 8.94. The van der Waals surface area contributed by atoms with Crippen molar-refractivity contribution in [3.63, 3.8) is 0 Å². The fourth-order valence-corrected chi connectivity index (χ4v) is 2.41. The Morgan fingerprint density at radius 2 is 2.04 bits per heavy atom. The normalized spacial score (nSPS) is 10.7. The molecule has 0 saturated heterocycles. The highest BCUT2D eigenvalue weighted by atomic mass is 16.5. The van der Waals surface area contributed by atoms with Crippen molar-refractivity contribution in [2.24, 2.45) is 0 Å². The topological polar surface area (TPSA) is 84.4 Å². The molecule has 118 valence electrons. The summed E-state index contributed by atoms with van der Waals surface area (Å²) in [5.41, 5.74) is 2.88. The fraction of sp³-hybridized carbons (Fsp3) is 0.176. The van der Waals surface area contributed by atoms with Gasteiger partial charge in [0.2, 0.25) is 5.56 Å². The number of nitrogens with zero attached hydrogens (tertiary/aromatic N) is 1. The fourth-order valence-electron chi connectivity index (χ4n) is 2.41. The van der Waals surface area contributed by atoms with E-state index in [1.807, 2.05) is 18.2 Å². The van der Waals surface area contributed by atoms with Crippen LogP contribution >= 0.6 is 0 Å². The van der Waals surface area contributed by atoms with Crippen molar-refractivity contribution < 1.29 is 14.6 Å². The van der Waals surface area contributed by atoms with Crippen LogP contribution in [0.2, 0.25) is 0 Å². The lowest BCUT2D eigenvalue weighted by Gasteiger charge is -2.12. The van der Waals surface area contributed by atoms with Crippen LogP contribution in [-0.2, 0) is 0 Å². The van der Waals surface area contributed by atoms with Crippen LogP contribution in [0.15, 0.2) is 47.4 Å². The SMILES string of the molecule is COc1ccc(-c2ccnc3ccc(=O)[nH]c23)cc1OCCO. The van der Waals surface area contributed by atoms with Crippen LogP contribution in [0.4, 0.5) is 0 Å². The highest BCUT2D eigenvalue weighted by Gasteiger charge is 2.10. The van der Waals surface area contributed by atoms with Gasteiger partial charge in [0, 0.05) is 17.8 Å². The van der Waals surface area contributed by atoms with Gasteiger partial charge in [-0.3, -0.25) is 9.78 Å². The molecule has 23 heavy (non-hydrogen) atoms. The number of aromatic amines is 1. The first-order chi connectivity index (χ1) is 11.2. The molecule has 6 nitrogen and oxygen atoms in total. The molecule has 3 rings (SSSR count). The molecule has 0 atom stereocenters. The zero-order chi connectivity index (χ0) is 16.2. The molecule has 0 aliphatic carbocycles. The number of hydrogen-bond acceptors (Lipinski definition) is 5. The summed E-state index contributed by atoms with van der Waals surface area (Å²) < 4.78 is 10.8. The van der Waals surface area contributed by atoms with Crippen LogP contribution in [0.5, 0.6) is 11.5 Å². The maximum absolute atomic E-state index is 11.6. The Hall–Kier alpha value is -2.86. The van der Waals surface area contributed by atoms with Crippen molar-refractivity contribution in [3.8, 4) is 22.6 Å². The van der Waals surface area contributed by atoms with Crippen LogP contribution in [0.25, 0.3) is 22.2 Å². The van der Waals surface area contributed by atoms with Gasteiger partial charge in [-0.25, -0.2) is 0 Å². The second kappa shape index (κ2) is 6.50. The number of H-pyrrole nitrogens is 1. The smallest absolute Gasteiger partial charge is 0.248 e. The Balaban J connectivity index is 2.15. The number of ether oxygens (including phenoxy) is 2. The number of rotatable bonds is 5. The summed E-state index contributed by atoms with van der Waals surface area (Å²) in [6.45, 7) is 0.0899. The van der Waals surface area contributed by atoms with E-state index in [2.05, 4.69) is 9.97 Å². The van der Waals surface area contributed by atoms with Gasteiger partial charge in [0.25, 0.3) is 0 Å². The van der Waals surface area contributed by atoms with Crippen molar-refractivity contribution in [3.05, 3.63) is 52.9 Å². The lowest BCUT2D eigenvalue weighted by Crippen LogP contribution is -2.04. The molecule has 3 aromatic rings. The highest BCUT2D eigenvalue weighted by Crippen LogP contribution is 2.34. The van der Waals surface area contributed by atoms with Gasteiger partial charge >= 0.3 is 0 Å². The molecular formula is C17H16N2O4. The third kappa shape index (κ3) is 3.02. The van der Waals surface area contributed by atoms with Gasteiger partial charge in [-0.1, -0.05) is 6.07 Å². The number of methoxy groups -OCH3 is 1.